The fourth-order valence-corrected chi connectivity index (χ4v) is 1.02. The van der Waals surface area contributed by atoms with Crippen LogP contribution in [0.3, 0.4) is 0 Å². The van der Waals surface area contributed by atoms with Crippen molar-refractivity contribution in [2.45, 2.75) is 6.17 Å². The first-order valence-electron chi connectivity index (χ1n) is 2.94. The molecule has 1 nitrogen and oxygen atoms in total. The normalized spacial score (nSPS) is 18.2. The van der Waals surface area contributed by atoms with E-state index in [4.69, 9.17) is 0 Å². The van der Waals surface area contributed by atoms with Crippen LogP contribution in [0.25, 0.3) is 0 Å². The Morgan fingerprint density at radius 3 is 2.25 bits per heavy atom. The third-order valence-corrected chi connectivity index (χ3v) is 1.68. The Balaban J connectivity index is 0.000000720. The Labute approximate surface area is 65.6 Å². The van der Waals surface area contributed by atoms with Crippen LogP contribution in [0.1, 0.15) is 17.3 Å². The van der Waals surface area contributed by atoms with E-state index >= 15 is 0 Å². The molecule has 0 bridgehead atoms. The number of benzene rings is 1. The summed E-state index contributed by atoms with van der Waals surface area (Å²) in [4.78, 5) is 0. The average Bonchev–Trinajstić information content (AvgIpc) is 2.57. The summed E-state index contributed by atoms with van der Waals surface area (Å²) in [6, 6.07) is 0.679. The van der Waals surface area contributed by atoms with Crippen molar-refractivity contribution in [3.05, 3.63) is 34.6 Å². The highest BCUT2D eigenvalue weighted by Gasteiger charge is 2.39. The first-order valence-corrected chi connectivity index (χ1v) is 2.94. The minimum Gasteiger partial charge on any atom is -0.344 e. The van der Waals surface area contributed by atoms with Crippen molar-refractivity contribution >= 4 is 0 Å². The van der Waals surface area contributed by atoms with Gasteiger partial charge in [0.05, 0.1) is 0 Å². The summed E-state index contributed by atoms with van der Waals surface area (Å²) in [7, 11) is 0. The van der Waals surface area contributed by atoms with E-state index in [9.17, 15) is 17.6 Å². The van der Waals surface area contributed by atoms with E-state index in [2.05, 4.69) is 0 Å². The topological polar surface area (TPSA) is 35.0 Å². The van der Waals surface area contributed by atoms with Gasteiger partial charge in [0.25, 0.3) is 0 Å². The summed E-state index contributed by atoms with van der Waals surface area (Å²) in [5, 5.41) is 0. The molecule has 0 fully saturated rings. The highest BCUT2D eigenvalue weighted by molar-refractivity contribution is 5.51. The molecule has 5 heteroatoms. The van der Waals surface area contributed by atoms with Gasteiger partial charge in [0.2, 0.25) is 0 Å². The molecule has 1 aromatic carbocycles. The van der Waals surface area contributed by atoms with Gasteiger partial charge in [0.1, 0.15) is 0 Å². The zero-order chi connectivity index (χ0) is 8.17. The van der Waals surface area contributed by atoms with Crippen LogP contribution in [0.15, 0.2) is 6.07 Å². The molecule has 1 aliphatic carbocycles. The molecule has 0 heterocycles. The molecule has 0 saturated carbocycles. The summed E-state index contributed by atoms with van der Waals surface area (Å²) in [5.74, 6) is -4.32. The summed E-state index contributed by atoms with van der Waals surface area (Å²) >= 11 is 0. The molecule has 3 N–H and O–H groups in total. The van der Waals surface area contributed by atoms with Gasteiger partial charge >= 0.3 is 0 Å². The lowest BCUT2D eigenvalue weighted by Crippen LogP contribution is -1.87. The number of hydrogen-bond donors (Lipinski definition) is 1. The van der Waals surface area contributed by atoms with Crippen molar-refractivity contribution in [1.29, 1.82) is 0 Å². The Bertz CT molecular complexity index is 337. The molecule has 2 rings (SSSR count). The molecule has 1 aliphatic rings. The molecule has 12 heavy (non-hydrogen) atoms. The average molecular weight is 179 g/mol. The second-order valence-electron chi connectivity index (χ2n) is 2.35. The maximum atomic E-state index is 12.4. The minimum absolute atomic E-state index is 0. The number of rotatable bonds is 0. The van der Waals surface area contributed by atoms with Crippen LogP contribution in [0.5, 0.6) is 0 Å². The summed E-state index contributed by atoms with van der Waals surface area (Å²) in [6.07, 6.45) is -1.60. The van der Waals surface area contributed by atoms with Gasteiger partial charge in [-0.25, -0.2) is 17.6 Å². The Morgan fingerprint density at radius 1 is 1.08 bits per heavy atom. The summed E-state index contributed by atoms with van der Waals surface area (Å²) < 4.78 is 49.3. The van der Waals surface area contributed by atoms with E-state index in [-0.39, 0.29) is 17.3 Å². The predicted molar refractivity (Wildman–Crippen MR) is 34.3 cm³/mol. The van der Waals surface area contributed by atoms with Gasteiger partial charge in [0, 0.05) is 11.1 Å². The van der Waals surface area contributed by atoms with E-state index in [0.717, 1.165) is 0 Å². The molecule has 66 valence electrons. The van der Waals surface area contributed by atoms with Crippen molar-refractivity contribution in [3.63, 3.8) is 0 Å². The van der Waals surface area contributed by atoms with Crippen LogP contribution in [0, 0.1) is 17.5 Å². The zero-order valence-electron chi connectivity index (χ0n) is 5.87. The molecular formula is C7H5F4N. The van der Waals surface area contributed by atoms with Crippen LogP contribution in [-0.2, 0) is 0 Å². The van der Waals surface area contributed by atoms with Gasteiger partial charge in [-0.15, -0.1) is 0 Å². The van der Waals surface area contributed by atoms with Crippen LogP contribution < -0.4 is 6.15 Å². The SMILES string of the molecule is Fc1cc2c(c(F)c1F)C2F.N. The van der Waals surface area contributed by atoms with Gasteiger partial charge in [-0.1, -0.05) is 0 Å². The van der Waals surface area contributed by atoms with Gasteiger partial charge in [-0.05, 0) is 6.07 Å². The van der Waals surface area contributed by atoms with Gasteiger partial charge in [-0.2, -0.15) is 0 Å². The Morgan fingerprint density at radius 2 is 1.67 bits per heavy atom. The Hall–Kier alpha value is -1.10. The van der Waals surface area contributed by atoms with Crippen LogP contribution in [-0.4, -0.2) is 0 Å². The van der Waals surface area contributed by atoms with Crippen molar-refractivity contribution < 1.29 is 17.6 Å². The quantitative estimate of drug-likeness (QED) is 0.482. The van der Waals surface area contributed by atoms with E-state index in [1.54, 1.807) is 0 Å². The molecule has 1 aromatic rings. The molecule has 0 spiro atoms. The second-order valence-corrected chi connectivity index (χ2v) is 2.35. The first-order chi connectivity index (χ1) is 5.13. The molecule has 1 atom stereocenters. The smallest absolute Gasteiger partial charge is 0.194 e. The third-order valence-electron chi connectivity index (χ3n) is 1.68. The lowest BCUT2D eigenvalue weighted by Gasteiger charge is -1.89. The first kappa shape index (κ1) is 8.99. The molecule has 0 saturated heterocycles. The molecule has 0 amide bonds. The second kappa shape index (κ2) is 2.45. The number of halogens is 4. The van der Waals surface area contributed by atoms with Crippen LogP contribution >= 0.6 is 0 Å². The predicted octanol–water partition coefficient (Wildman–Crippen LogP) is 2.64. The highest BCUT2D eigenvalue weighted by Crippen LogP contribution is 2.47. The Kier molecular flexibility index (Phi) is 1.83. The highest BCUT2D eigenvalue weighted by atomic mass is 19.2. The van der Waals surface area contributed by atoms with Gasteiger partial charge in [0.15, 0.2) is 23.6 Å². The molecule has 0 radical (unpaired) electrons. The lowest BCUT2D eigenvalue weighted by molar-refractivity contribution is 0.433. The van der Waals surface area contributed by atoms with E-state index < -0.39 is 23.6 Å². The fourth-order valence-electron chi connectivity index (χ4n) is 1.02. The van der Waals surface area contributed by atoms with E-state index in [1.165, 1.54) is 0 Å². The van der Waals surface area contributed by atoms with Gasteiger partial charge in [-0.3, -0.25) is 0 Å². The maximum absolute atomic E-state index is 12.4. The minimum atomic E-state index is -1.60. The zero-order valence-corrected chi connectivity index (χ0v) is 5.87. The molecule has 1 unspecified atom stereocenters. The van der Waals surface area contributed by atoms with Crippen LogP contribution in [0.2, 0.25) is 0 Å². The number of hydrogen-bond acceptors (Lipinski definition) is 1. The standard InChI is InChI=1S/C7H2F4.H3N/c8-3-1-2-4(5(2)9)7(11)6(3)10;/h1,5H;1H3. The van der Waals surface area contributed by atoms with Crippen LogP contribution in [0.4, 0.5) is 17.6 Å². The maximum Gasteiger partial charge on any atom is 0.194 e. The monoisotopic (exact) mass is 179 g/mol. The van der Waals surface area contributed by atoms with Crippen molar-refractivity contribution in [1.82, 2.24) is 6.15 Å². The molecular weight excluding hydrogens is 174 g/mol. The molecule has 0 aliphatic heterocycles. The van der Waals surface area contributed by atoms with Crippen molar-refractivity contribution in [2.24, 2.45) is 0 Å². The van der Waals surface area contributed by atoms with E-state index in [1.807, 2.05) is 0 Å². The summed E-state index contributed by atoms with van der Waals surface area (Å²) in [5.41, 5.74) is -0.426. The summed E-state index contributed by atoms with van der Waals surface area (Å²) in [6.45, 7) is 0. The largest absolute Gasteiger partial charge is 0.344 e. The van der Waals surface area contributed by atoms with E-state index in [0.29, 0.717) is 6.07 Å². The van der Waals surface area contributed by atoms with Crippen molar-refractivity contribution in [2.75, 3.05) is 0 Å². The number of fused-ring (bicyclic) bond motifs is 1. The third kappa shape index (κ3) is 0.896. The molecule has 0 aromatic heterocycles. The lowest BCUT2D eigenvalue weighted by atomic mass is 10.3. The fraction of sp³-hybridized carbons (Fsp3) is 0.143. The van der Waals surface area contributed by atoms with Gasteiger partial charge < -0.3 is 6.15 Å². The number of alkyl halides is 1. The van der Waals surface area contributed by atoms with Crippen molar-refractivity contribution in [3.8, 4) is 0 Å².